The first-order chi connectivity index (χ1) is 2.00. The topological polar surface area (TPSA) is 0 Å². The van der Waals surface area contributed by atoms with Gasteiger partial charge in [-0.05, 0) is 0 Å². The van der Waals surface area contributed by atoms with Crippen molar-refractivity contribution in [3.63, 3.8) is 0 Å². The van der Waals surface area contributed by atoms with Gasteiger partial charge in [-0.25, -0.2) is 0 Å². The molecule has 0 aliphatic heterocycles. The van der Waals surface area contributed by atoms with E-state index in [4.69, 9.17) is 0 Å². The average Bonchev–Trinajstić information content (AvgIpc) is 1.50. The van der Waals surface area contributed by atoms with Gasteiger partial charge in [0.25, 0.3) is 0 Å². The molecule has 0 aliphatic rings. The molecule has 0 radical (unpaired) electrons. The summed E-state index contributed by atoms with van der Waals surface area (Å²) in [5, 5.41) is 0. The van der Waals surface area contributed by atoms with Crippen LogP contribution in [0.2, 0.25) is 0 Å². The second-order valence-corrected chi connectivity index (χ2v) is 0. The van der Waals surface area contributed by atoms with Crippen molar-refractivity contribution in [2.75, 3.05) is 0 Å². The predicted octanol–water partition coefficient (Wildman–Crippen LogP) is 1.67. The van der Waals surface area contributed by atoms with Crippen molar-refractivity contribution in [3.05, 3.63) is 0 Å². The van der Waals surface area contributed by atoms with Crippen molar-refractivity contribution in [2.24, 2.45) is 0 Å². The Morgan fingerprint density at radius 1 is 1.25 bits per heavy atom. The summed E-state index contributed by atoms with van der Waals surface area (Å²) in [6.07, 6.45) is 0. The second-order valence-electron chi connectivity index (χ2n) is 0. The Bertz CT molecular complexity index is 6.00. The molecule has 0 bridgehead atoms. The molecule has 0 nitrogen and oxygen atoms in total. The standard InChI is InChI=1S/C2H6.Ag.S/c1-2;;/h1-2H3;;. The molecule has 0 N–H and O–H groups in total. The van der Waals surface area contributed by atoms with E-state index >= 15 is 0 Å². The molecule has 0 heterocycles. The monoisotopic (exact) mass is 169 g/mol. The van der Waals surface area contributed by atoms with Crippen molar-refractivity contribution in [3.8, 4) is 0 Å². The summed E-state index contributed by atoms with van der Waals surface area (Å²) < 4.78 is 0. The molecular formula is C2H6AgS. The van der Waals surface area contributed by atoms with E-state index in [1.54, 1.807) is 0 Å². The van der Waals surface area contributed by atoms with E-state index in [-0.39, 0.29) is 0 Å². The van der Waals surface area contributed by atoms with Gasteiger partial charge in [-0.1, -0.05) is 13.8 Å². The van der Waals surface area contributed by atoms with Crippen LogP contribution in [0.1, 0.15) is 13.8 Å². The van der Waals surface area contributed by atoms with Crippen LogP contribution in [0.25, 0.3) is 0 Å². The second kappa shape index (κ2) is 37.6. The van der Waals surface area contributed by atoms with E-state index in [0.29, 0.717) is 0 Å². The van der Waals surface area contributed by atoms with Gasteiger partial charge < -0.3 is 0 Å². The van der Waals surface area contributed by atoms with Crippen LogP contribution in [0, 0.1) is 0 Å². The summed E-state index contributed by atoms with van der Waals surface area (Å²) in [6.45, 7) is 4.00. The summed E-state index contributed by atoms with van der Waals surface area (Å²) in [7, 11) is 3.89. The van der Waals surface area contributed by atoms with Gasteiger partial charge in [-0.15, -0.1) is 0 Å². The van der Waals surface area contributed by atoms with Crippen LogP contribution in [-0.2, 0) is 19.2 Å². The van der Waals surface area contributed by atoms with E-state index in [2.05, 4.69) is 28.8 Å². The number of rotatable bonds is 0. The van der Waals surface area contributed by atoms with E-state index in [1.165, 1.54) is 0 Å². The SMILES string of the molecule is CC.[S]=[Ag]. The summed E-state index contributed by atoms with van der Waals surface area (Å²) >= 11 is 2.53. The van der Waals surface area contributed by atoms with Crippen LogP contribution in [0.4, 0.5) is 0 Å². The van der Waals surface area contributed by atoms with Gasteiger partial charge in [0.05, 0.1) is 0 Å². The van der Waals surface area contributed by atoms with Gasteiger partial charge in [0.2, 0.25) is 0 Å². The van der Waals surface area contributed by atoms with Crippen LogP contribution in [0.5, 0.6) is 0 Å². The summed E-state index contributed by atoms with van der Waals surface area (Å²) in [6, 6.07) is 0. The van der Waals surface area contributed by atoms with E-state index < -0.39 is 0 Å². The summed E-state index contributed by atoms with van der Waals surface area (Å²) in [5.74, 6) is 0. The normalized spacial score (nSPS) is 3.00. The van der Waals surface area contributed by atoms with Crippen molar-refractivity contribution in [2.45, 2.75) is 13.8 Å². The van der Waals surface area contributed by atoms with Crippen molar-refractivity contribution in [1.82, 2.24) is 0 Å². The molecule has 2 heteroatoms. The van der Waals surface area contributed by atoms with Crippen LogP contribution in [-0.4, -0.2) is 0 Å². The molecule has 0 atom stereocenters. The molecule has 0 unspecified atom stereocenters. The van der Waals surface area contributed by atoms with Crippen LogP contribution >= 0.6 is 9.58 Å². The Morgan fingerprint density at radius 2 is 1.25 bits per heavy atom. The molecule has 0 aromatic rings. The zero-order valence-corrected chi connectivity index (χ0v) is 5.01. The molecule has 0 rings (SSSR count). The maximum absolute atomic E-state index is 3.89. The third-order valence-corrected chi connectivity index (χ3v) is 0. The first-order valence-corrected chi connectivity index (χ1v) is 3.18. The van der Waals surface area contributed by atoms with E-state index in [1.807, 2.05) is 13.8 Å². The molecule has 0 spiro atoms. The summed E-state index contributed by atoms with van der Waals surface area (Å²) in [5.41, 5.74) is 0. The number of hydrogen-bond acceptors (Lipinski definition) is 1. The first kappa shape index (κ1) is 8.88. The molecule has 31 valence electrons. The van der Waals surface area contributed by atoms with Crippen LogP contribution in [0.15, 0.2) is 0 Å². The Kier molecular flexibility index (Phi) is 83.5. The predicted molar refractivity (Wildman–Crippen MR) is 18.9 cm³/mol. The Balaban J connectivity index is 0. The Hall–Kier alpha value is 0.960. The van der Waals surface area contributed by atoms with Crippen molar-refractivity contribution in [1.29, 1.82) is 0 Å². The minimum absolute atomic E-state index is 2.00. The van der Waals surface area contributed by atoms with Gasteiger partial charge >= 0.3 is 28.8 Å². The van der Waals surface area contributed by atoms with E-state index in [0.717, 1.165) is 0 Å². The molecule has 0 fully saturated rings. The molecule has 0 amide bonds. The van der Waals surface area contributed by atoms with Gasteiger partial charge in [-0.3, -0.25) is 0 Å². The average molecular weight is 170 g/mol. The molecular weight excluding hydrogens is 164 g/mol. The van der Waals surface area contributed by atoms with Crippen LogP contribution in [0.3, 0.4) is 0 Å². The molecule has 0 aromatic carbocycles. The Labute approximate surface area is 42.8 Å². The molecule has 0 aromatic heterocycles. The van der Waals surface area contributed by atoms with Crippen LogP contribution < -0.4 is 0 Å². The Morgan fingerprint density at radius 3 is 1.25 bits per heavy atom. The van der Waals surface area contributed by atoms with Gasteiger partial charge in [0, 0.05) is 0 Å². The van der Waals surface area contributed by atoms with Crippen molar-refractivity contribution < 1.29 is 19.2 Å². The van der Waals surface area contributed by atoms with Gasteiger partial charge in [0.15, 0.2) is 0 Å². The summed E-state index contributed by atoms with van der Waals surface area (Å²) in [4.78, 5) is 0. The molecule has 4 heavy (non-hydrogen) atoms. The maximum atomic E-state index is 3.89. The quantitative estimate of drug-likeness (QED) is 0.498. The third-order valence-electron chi connectivity index (χ3n) is 0. The first-order valence-electron chi connectivity index (χ1n) is 1.12. The van der Waals surface area contributed by atoms with Gasteiger partial charge in [0.1, 0.15) is 0 Å². The molecule has 0 saturated carbocycles. The van der Waals surface area contributed by atoms with Gasteiger partial charge in [-0.2, -0.15) is 0 Å². The zero-order valence-electron chi connectivity index (χ0n) is 2.71. The molecule has 0 saturated heterocycles. The fourth-order valence-corrected chi connectivity index (χ4v) is 0. The fraction of sp³-hybridized carbons (Fsp3) is 1.00. The fourth-order valence-electron chi connectivity index (χ4n) is 0. The van der Waals surface area contributed by atoms with Crippen molar-refractivity contribution >= 4 is 9.58 Å². The number of hydrogen-bond donors (Lipinski definition) is 0. The van der Waals surface area contributed by atoms with E-state index in [9.17, 15) is 0 Å². The zero-order chi connectivity index (χ0) is 4.00. The minimum atomic E-state index is 2.00. The third kappa shape index (κ3) is 12.3. The molecule has 0 aliphatic carbocycles.